The van der Waals surface area contributed by atoms with Gasteiger partial charge in [0.25, 0.3) is 11.6 Å². The van der Waals surface area contributed by atoms with E-state index in [1.807, 2.05) is 0 Å². The minimum atomic E-state index is -1.17. The molecule has 1 aromatic carbocycles. The van der Waals surface area contributed by atoms with Crippen LogP contribution in [0.25, 0.3) is 0 Å². The fourth-order valence-corrected chi connectivity index (χ4v) is 2.11. The maximum Gasteiger partial charge on any atom is 0.338 e. The molecule has 0 aliphatic carbocycles. The van der Waals surface area contributed by atoms with Gasteiger partial charge in [-0.15, -0.1) is 0 Å². The molecule has 1 heterocycles. The number of nitro benzene ring substituents is 1. The second-order valence-corrected chi connectivity index (χ2v) is 5.32. The van der Waals surface area contributed by atoms with Crippen molar-refractivity contribution in [2.45, 2.75) is 13.3 Å². The molecule has 9 nitrogen and oxygen atoms in total. The molecular weight excluding hydrogens is 330 g/mol. The van der Waals surface area contributed by atoms with Gasteiger partial charge in [-0.05, 0) is 25.0 Å². The number of hydrogen-bond acceptors (Lipinski definition) is 6. The number of nitrogens with zero attached hydrogens (tertiary/aromatic N) is 1. The van der Waals surface area contributed by atoms with Crippen LogP contribution in [0.5, 0.6) is 0 Å². The minimum Gasteiger partial charge on any atom is -0.478 e. The van der Waals surface area contributed by atoms with Crippen molar-refractivity contribution in [2.24, 2.45) is 0 Å². The highest BCUT2D eigenvalue weighted by molar-refractivity contribution is 5.95. The smallest absolute Gasteiger partial charge is 0.338 e. The van der Waals surface area contributed by atoms with Crippen LogP contribution >= 0.6 is 0 Å². The molecule has 0 aliphatic heterocycles. The van der Waals surface area contributed by atoms with Crippen LogP contribution in [0.3, 0.4) is 0 Å². The number of furan rings is 1. The van der Waals surface area contributed by atoms with E-state index in [-0.39, 0.29) is 17.0 Å². The van der Waals surface area contributed by atoms with Gasteiger partial charge in [0.2, 0.25) is 0 Å². The van der Waals surface area contributed by atoms with E-state index in [0.717, 1.165) is 17.9 Å². The minimum absolute atomic E-state index is 0.000760. The van der Waals surface area contributed by atoms with Crippen molar-refractivity contribution >= 4 is 23.3 Å². The summed E-state index contributed by atoms with van der Waals surface area (Å²) in [5.41, 5.74) is 1.11. The number of aromatic carboxylic acids is 1. The normalized spacial score (nSPS) is 10.3. The Labute approximate surface area is 142 Å². The zero-order chi connectivity index (χ0) is 18.4. The van der Waals surface area contributed by atoms with Crippen LogP contribution in [0.2, 0.25) is 0 Å². The Morgan fingerprint density at radius 3 is 2.68 bits per heavy atom. The van der Waals surface area contributed by atoms with Gasteiger partial charge in [0.1, 0.15) is 12.0 Å². The summed E-state index contributed by atoms with van der Waals surface area (Å²) in [5.74, 6) is -1.78. The fraction of sp³-hybridized carbons (Fsp3) is 0.250. The quantitative estimate of drug-likeness (QED) is 0.379. The fourth-order valence-electron chi connectivity index (χ4n) is 2.11. The van der Waals surface area contributed by atoms with Gasteiger partial charge in [0, 0.05) is 25.2 Å². The van der Waals surface area contributed by atoms with Crippen LogP contribution in [-0.4, -0.2) is 35.0 Å². The van der Waals surface area contributed by atoms with E-state index in [2.05, 4.69) is 10.6 Å². The summed E-state index contributed by atoms with van der Waals surface area (Å²) in [5, 5.41) is 25.3. The summed E-state index contributed by atoms with van der Waals surface area (Å²) >= 11 is 0. The van der Waals surface area contributed by atoms with Crippen LogP contribution in [0.4, 0.5) is 11.4 Å². The molecule has 132 valence electrons. The largest absolute Gasteiger partial charge is 0.478 e. The molecule has 0 atom stereocenters. The first-order valence-corrected chi connectivity index (χ1v) is 7.47. The van der Waals surface area contributed by atoms with E-state index in [4.69, 9.17) is 9.52 Å². The van der Waals surface area contributed by atoms with E-state index in [1.165, 1.54) is 6.07 Å². The van der Waals surface area contributed by atoms with E-state index in [9.17, 15) is 19.7 Å². The van der Waals surface area contributed by atoms with Crippen LogP contribution in [-0.2, 0) is 0 Å². The third-order valence-corrected chi connectivity index (χ3v) is 3.37. The molecule has 0 bridgehead atoms. The first kappa shape index (κ1) is 18.0. The summed E-state index contributed by atoms with van der Waals surface area (Å²) < 4.78 is 4.88. The van der Waals surface area contributed by atoms with Gasteiger partial charge in [0.05, 0.1) is 10.5 Å². The lowest BCUT2D eigenvalue weighted by atomic mass is 10.2. The first-order chi connectivity index (χ1) is 11.9. The Kier molecular flexibility index (Phi) is 5.72. The number of hydrogen-bond donors (Lipinski definition) is 3. The lowest BCUT2D eigenvalue weighted by Gasteiger charge is -2.08. The number of nitro groups is 1. The van der Waals surface area contributed by atoms with Crippen molar-refractivity contribution in [2.75, 3.05) is 18.4 Å². The predicted molar refractivity (Wildman–Crippen MR) is 88.9 cm³/mol. The first-order valence-electron chi connectivity index (χ1n) is 7.47. The van der Waals surface area contributed by atoms with E-state index in [1.54, 1.807) is 19.1 Å². The molecule has 0 aliphatic rings. The predicted octanol–water partition coefficient (Wildman–Crippen LogP) is 2.43. The monoisotopic (exact) mass is 347 g/mol. The van der Waals surface area contributed by atoms with Crippen molar-refractivity contribution in [3.8, 4) is 0 Å². The number of anilines is 1. The third-order valence-electron chi connectivity index (χ3n) is 3.37. The maximum absolute atomic E-state index is 11.8. The molecule has 2 rings (SSSR count). The second kappa shape index (κ2) is 7.95. The SMILES string of the molecule is Cc1ccc(NCCCNC(=O)c2cc(C(=O)O)co2)c([N+](=O)[O-])c1. The molecule has 9 heteroatoms. The van der Waals surface area contributed by atoms with Gasteiger partial charge < -0.3 is 20.2 Å². The van der Waals surface area contributed by atoms with Crippen LogP contribution in [0.15, 0.2) is 34.9 Å². The highest BCUT2D eigenvalue weighted by Gasteiger charge is 2.15. The molecule has 2 aromatic rings. The van der Waals surface area contributed by atoms with Crippen LogP contribution in [0.1, 0.15) is 32.9 Å². The average Bonchev–Trinajstić information content (AvgIpc) is 3.05. The number of rotatable bonds is 8. The molecule has 1 amide bonds. The summed E-state index contributed by atoms with van der Waals surface area (Å²) in [6.45, 7) is 2.49. The van der Waals surface area contributed by atoms with Crippen LogP contribution in [0, 0.1) is 17.0 Å². The molecule has 25 heavy (non-hydrogen) atoms. The number of benzene rings is 1. The van der Waals surface area contributed by atoms with Gasteiger partial charge in [-0.3, -0.25) is 14.9 Å². The number of carbonyl (C=O) groups is 2. The average molecular weight is 347 g/mol. The van der Waals surface area contributed by atoms with Crippen molar-refractivity contribution in [1.82, 2.24) is 5.32 Å². The molecule has 0 unspecified atom stereocenters. The molecule has 3 N–H and O–H groups in total. The summed E-state index contributed by atoms with van der Waals surface area (Å²) in [7, 11) is 0. The van der Waals surface area contributed by atoms with Crippen molar-refractivity contribution in [3.63, 3.8) is 0 Å². The Hall–Kier alpha value is -3.36. The Balaban J connectivity index is 1.79. The van der Waals surface area contributed by atoms with Gasteiger partial charge >= 0.3 is 5.97 Å². The highest BCUT2D eigenvalue weighted by Crippen LogP contribution is 2.25. The zero-order valence-corrected chi connectivity index (χ0v) is 13.4. The Morgan fingerprint density at radius 1 is 1.28 bits per heavy atom. The topological polar surface area (TPSA) is 135 Å². The summed E-state index contributed by atoms with van der Waals surface area (Å²) in [6.07, 6.45) is 1.51. The van der Waals surface area contributed by atoms with E-state index >= 15 is 0 Å². The van der Waals surface area contributed by atoms with Crippen molar-refractivity contribution in [1.29, 1.82) is 0 Å². The molecule has 0 spiro atoms. The third kappa shape index (κ3) is 4.80. The number of carboxylic acids is 1. The molecular formula is C16H17N3O6. The van der Waals surface area contributed by atoms with Crippen molar-refractivity contribution < 1.29 is 24.0 Å². The zero-order valence-electron chi connectivity index (χ0n) is 13.4. The highest BCUT2D eigenvalue weighted by atomic mass is 16.6. The number of carboxylic acid groups (broad SMARTS) is 1. The van der Waals surface area contributed by atoms with Crippen molar-refractivity contribution in [3.05, 3.63) is 57.5 Å². The summed E-state index contributed by atoms with van der Waals surface area (Å²) in [4.78, 5) is 33.1. The maximum atomic E-state index is 11.8. The lowest BCUT2D eigenvalue weighted by molar-refractivity contribution is -0.384. The molecule has 0 radical (unpaired) electrons. The van der Waals surface area contributed by atoms with Crippen LogP contribution < -0.4 is 10.6 Å². The van der Waals surface area contributed by atoms with Gasteiger partial charge in [0.15, 0.2) is 5.76 Å². The van der Waals surface area contributed by atoms with E-state index in [0.29, 0.717) is 25.2 Å². The number of amides is 1. The standard InChI is InChI=1S/C16H17N3O6/c1-10-3-4-12(13(7-10)19(23)24)17-5-2-6-18-15(20)14-8-11(9-25-14)16(21)22/h3-4,7-9,17H,2,5-6H2,1H3,(H,18,20)(H,21,22). The lowest BCUT2D eigenvalue weighted by Crippen LogP contribution is -2.25. The molecule has 0 fully saturated rings. The number of aryl methyl sites for hydroxylation is 1. The Morgan fingerprint density at radius 2 is 2.04 bits per heavy atom. The second-order valence-electron chi connectivity index (χ2n) is 5.32. The molecule has 0 saturated heterocycles. The van der Waals surface area contributed by atoms with Gasteiger partial charge in [-0.1, -0.05) is 6.07 Å². The van der Waals surface area contributed by atoms with Gasteiger partial charge in [-0.25, -0.2) is 4.79 Å². The molecule has 1 aromatic heterocycles. The Bertz CT molecular complexity index is 799. The number of nitrogens with one attached hydrogen (secondary N) is 2. The number of carbonyl (C=O) groups excluding carboxylic acids is 1. The summed E-state index contributed by atoms with van der Waals surface area (Å²) in [6, 6.07) is 6.04. The van der Waals surface area contributed by atoms with Gasteiger partial charge in [-0.2, -0.15) is 0 Å². The van der Waals surface area contributed by atoms with E-state index < -0.39 is 16.8 Å². The molecule has 0 saturated carbocycles.